The Bertz CT molecular complexity index is 880. The molecule has 2 heterocycles. The summed E-state index contributed by atoms with van der Waals surface area (Å²) in [5.74, 6) is 1.87. The Kier molecular flexibility index (Phi) is 3.61. The third-order valence-electron chi connectivity index (χ3n) is 4.00. The lowest BCUT2D eigenvalue weighted by atomic mass is 10.1. The topological polar surface area (TPSA) is 68.0 Å². The zero-order valence-electron chi connectivity index (χ0n) is 13.3. The molecule has 0 spiro atoms. The first kappa shape index (κ1) is 14.6. The molecule has 2 aromatic heterocycles. The minimum absolute atomic E-state index is 0.220. The molecule has 1 saturated carbocycles. The molecule has 4 rings (SSSR count). The molecule has 1 fully saturated rings. The largest absolute Gasteiger partial charge is 0.440 e. The number of carbonyl (C=O) groups excluding carboxylic acids is 1. The lowest BCUT2D eigenvalue weighted by Crippen LogP contribution is -2.13. The van der Waals surface area contributed by atoms with Gasteiger partial charge in [-0.2, -0.15) is 0 Å². The van der Waals surface area contributed by atoms with Crippen LogP contribution in [0.15, 0.2) is 53.1 Å². The van der Waals surface area contributed by atoms with Crippen LogP contribution in [0.2, 0.25) is 0 Å². The SMILES string of the molecule is Cc1cccc(C(=O)Nc2ccc(-c3cnc(C4CC4)o3)cc2)n1. The fourth-order valence-electron chi connectivity index (χ4n) is 2.52. The van der Waals surface area contributed by atoms with E-state index in [1.165, 1.54) is 0 Å². The number of hydrogen-bond acceptors (Lipinski definition) is 4. The highest BCUT2D eigenvalue weighted by Gasteiger charge is 2.28. The Labute approximate surface area is 139 Å². The van der Waals surface area contributed by atoms with Gasteiger partial charge in [0.25, 0.3) is 5.91 Å². The second kappa shape index (κ2) is 5.92. The maximum atomic E-state index is 12.2. The van der Waals surface area contributed by atoms with Crippen molar-refractivity contribution in [1.82, 2.24) is 9.97 Å². The normalized spacial score (nSPS) is 13.7. The van der Waals surface area contributed by atoms with E-state index in [0.29, 0.717) is 17.3 Å². The quantitative estimate of drug-likeness (QED) is 0.783. The average Bonchev–Trinajstić information content (AvgIpc) is 3.33. The van der Waals surface area contributed by atoms with Gasteiger partial charge in [0.05, 0.1) is 6.20 Å². The van der Waals surface area contributed by atoms with Gasteiger partial charge in [-0.25, -0.2) is 9.97 Å². The summed E-state index contributed by atoms with van der Waals surface area (Å²) in [6.07, 6.45) is 4.09. The number of oxazole rings is 1. The van der Waals surface area contributed by atoms with Gasteiger partial charge in [-0.15, -0.1) is 0 Å². The molecule has 5 nitrogen and oxygen atoms in total. The number of aromatic nitrogens is 2. The van der Waals surface area contributed by atoms with Crippen LogP contribution in [-0.4, -0.2) is 15.9 Å². The van der Waals surface area contributed by atoms with E-state index >= 15 is 0 Å². The standard InChI is InChI=1S/C19H17N3O2/c1-12-3-2-4-16(21-12)18(23)22-15-9-7-13(8-10-15)17-11-20-19(24-17)14-5-6-14/h2-4,7-11,14H,5-6H2,1H3,(H,22,23). The van der Waals surface area contributed by atoms with E-state index in [1.807, 2.05) is 43.3 Å². The number of hydrogen-bond donors (Lipinski definition) is 1. The lowest BCUT2D eigenvalue weighted by Gasteiger charge is -2.06. The van der Waals surface area contributed by atoms with E-state index in [4.69, 9.17) is 4.42 Å². The Morgan fingerprint density at radius 3 is 2.67 bits per heavy atom. The number of carbonyl (C=O) groups is 1. The van der Waals surface area contributed by atoms with Gasteiger partial charge in [-0.05, 0) is 56.2 Å². The smallest absolute Gasteiger partial charge is 0.274 e. The monoisotopic (exact) mass is 319 g/mol. The zero-order chi connectivity index (χ0) is 16.5. The third-order valence-corrected chi connectivity index (χ3v) is 4.00. The summed E-state index contributed by atoms with van der Waals surface area (Å²) in [6, 6.07) is 12.9. The maximum absolute atomic E-state index is 12.2. The summed E-state index contributed by atoms with van der Waals surface area (Å²) >= 11 is 0. The van der Waals surface area contributed by atoms with Crippen molar-refractivity contribution in [3.05, 3.63) is 65.9 Å². The van der Waals surface area contributed by atoms with Crippen LogP contribution < -0.4 is 5.32 Å². The van der Waals surface area contributed by atoms with Crippen LogP contribution in [0.1, 0.15) is 40.8 Å². The number of nitrogens with zero attached hydrogens (tertiary/aromatic N) is 2. The van der Waals surface area contributed by atoms with Crippen molar-refractivity contribution in [2.24, 2.45) is 0 Å². The van der Waals surface area contributed by atoms with Crippen LogP contribution in [-0.2, 0) is 0 Å². The molecule has 0 unspecified atom stereocenters. The van der Waals surface area contributed by atoms with Gasteiger partial charge >= 0.3 is 0 Å². The molecule has 24 heavy (non-hydrogen) atoms. The van der Waals surface area contributed by atoms with Crippen LogP contribution in [0.4, 0.5) is 5.69 Å². The van der Waals surface area contributed by atoms with Crippen molar-refractivity contribution in [1.29, 1.82) is 0 Å². The maximum Gasteiger partial charge on any atom is 0.274 e. The van der Waals surface area contributed by atoms with E-state index < -0.39 is 0 Å². The average molecular weight is 319 g/mol. The first-order chi connectivity index (χ1) is 11.7. The third kappa shape index (κ3) is 3.06. The Morgan fingerprint density at radius 2 is 1.96 bits per heavy atom. The summed E-state index contributed by atoms with van der Waals surface area (Å²) in [4.78, 5) is 20.8. The number of aryl methyl sites for hydroxylation is 1. The predicted octanol–water partition coefficient (Wildman–Crippen LogP) is 4.17. The van der Waals surface area contributed by atoms with Gasteiger partial charge in [0.2, 0.25) is 0 Å². The first-order valence-corrected chi connectivity index (χ1v) is 8.00. The van der Waals surface area contributed by atoms with Crippen LogP contribution in [0.3, 0.4) is 0 Å². The molecule has 0 saturated heterocycles. The minimum Gasteiger partial charge on any atom is -0.440 e. The highest BCUT2D eigenvalue weighted by Crippen LogP contribution is 2.40. The molecule has 1 aliphatic carbocycles. The summed E-state index contributed by atoms with van der Waals surface area (Å²) in [7, 11) is 0. The van der Waals surface area contributed by atoms with Crippen LogP contribution in [0, 0.1) is 6.92 Å². The fraction of sp³-hybridized carbons (Fsp3) is 0.211. The summed E-state index contributed by atoms with van der Waals surface area (Å²) in [6.45, 7) is 1.86. The number of amides is 1. The second-order valence-corrected chi connectivity index (χ2v) is 6.03. The zero-order valence-corrected chi connectivity index (χ0v) is 13.3. The second-order valence-electron chi connectivity index (χ2n) is 6.03. The molecule has 120 valence electrons. The summed E-state index contributed by atoms with van der Waals surface area (Å²) in [5, 5.41) is 2.85. The number of nitrogens with one attached hydrogen (secondary N) is 1. The number of anilines is 1. The molecule has 1 aliphatic rings. The van der Waals surface area contributed by atoms with Gasteiger partial charge in [-0.1, -0.05) is 6.07 Å². The Morgan fingerprint density at radius 1 is 1.17 bits per heavy atom. The van der Waals surface area contributed by atoms with E-state index in [-0.39, 0.29) is 5.91 Å². The van der Waals surface area contributed by atoms with Crippen molar-refractivity contribution < 1.29 is 9.21 Å². The van der Waals surface area contributed by atoms with Crippen molar-refractivity contribution in [2.45, 2.75) is 25.7 Å². The van der Waals surface area contributed by atoms with E-state index in [0.717, 1.165) is 35.7 Å². The van der Waals surface area contributed by atoms with Crippen molar-refractivity contribution >= 4 is 11.6 Å². The lowest BCUT2D eigenvalue weighted by molar-refractivity contribution is 0.102. The first-order valence-electron chi connectivity index (χ1n) is 8.00. The van der Waals surface area contributed by atoms with E-state index in [2.05, 4.69) is 15.3 Å². The molecule has 0 radical (unpaired) electrons. The van der Waals surface area contributed by atoms with E-state index in [1.54, 1.807) is 12.3 Å². The van der Waals surface area contributed by atoms with Crippen molar-refractivity contribution in [3.63, 3.8) is 0 Å². The summed E-state index contributed by atoms with van der Waals surface area (Å²) in [5.41, 5.74) is 2.88. The van der Waals surface area contributed by atoms with Gasteiger partial charge in [0, 0.05) is 22.9 Å². The highest BCUT2D eigenvalue weighted by molar-refractivity contribution is 6.02. The number of pyridine rings is 1. The minimum atomic E-state index is -0.220. The van der Waals surface area contributed by atoms with Crippen molar-refractivity contribution in [2.75, 3.05) is 5.32 Å². The molecule has 3 aromatic rings. The molecular weight excluding hydrogens is 302 g/mol. The Balaban J connectivity index is 1.47. The molecule has 0 atom stereocenters. The molecule has 1 N–H and O–H groups in total. The highest BCUT2D eigenvalue weighted by atomic mass is 16.4. The molecule has 0 bridgehead atoms. The van der Waals surface area contributed by atoms with Crippen molar-refractivity contribution in [3.8, 4) is 11.3 Å². The molecule has 1 aromatic carbocycles. The molecule has 1 amide bonds. The number of benzene rings is 1. The molecule has 0 aliphatic heterocycles. The number of rotatable bonds is 4. The van der Waals surface area contributed by atoms with Crippen LogP contribution >= 0.6 is 0 Å². The van der Waals surface area contributed by atoms with Gasteiger partial charge in [0.1, 0.15) is 5.69 Å². The van der Waals surface area contributed by atoms with Gasteiger partial charge < -0.3 is 9.73 Å². The summed E-state index contributed by atoms with van der Waals surface area (Å²) < 4.78 is 5.79. The van der Waals surface area contributed by atoms with E-state index in [9.17, 15) is 4.79 Å². The molecule has 5 heteroatoms. The predicted molar refractivity (Wildman–Crippen MR) is 90.8 cm³/mol. The fourth-order valence-corrected chi connectivity index (χ4v) is 2.52. The van der Waals surface area contributed by atoms with Crippen LogP contribution in [0.5, 0.6) is 0 Å². The van der Waals surface area contributed by atoms with Gasteiger partial charge in [0.15, 0.2) is 11.7 Å². The Hall–Kier alpha value is -2.95. The van der Waals surface area contributed by atoms with Crippen LogP contribution in [0.25, 0.3) is 11.3 Å². The van der Waals surface area contributed by atoms with Gasteiger partial charge in [-0.3, -0.25) is 4.79 Å². The molecular formula is C19H17N3O2.